The van der Waals surface area contributed by atoms with Crippen LogP contribution in [0, 0.1) is 13.8 Å². The van der Waals surface area contributed by atoms with Gasteiger partial charge in [-0.3, -0.25) is 4.99 Å². The van der Waals surface area contributed by atoms with E-state index >= 15 is 0 Å². The summed E-state index contributed by atoms with van der Waals surface area (Å²) < 4.78 is 8.42. The topological polar surface area (TPSA) is 30.4 Å². The second-order valence-electron chi connectivity index (χ2n) is 17.3. The van der Waals surface area contributed by atoms with Gasteiger partial charge in [-0.05, 0) is 151 Å². The quantitative estimate of drug-likeness (QED) is 0.140. The lowest BCUT2D eigenvalue weighted by atomic mass is 9.88. The van der Waals surface area contributed by atoms with E-state index in [1.54, 1.807) is 0 Å². The third-order valence-corrected chi connectivity index (χ3v) is 12.7. The Kier molecular flexibility index (Phi) is 11.6. The molecule has 0 N–H and O–H groups in total. The SMILES string of the molecule is C=C(C)N=C(/C=C(\C)c1ccccc1)c1cccc2oc3ccccc3c12.Cc1ccccc1-c1cc(C2=CCCC(c3ccc4c(c3)c3ccccc3n4-c3ccccc3)=C2)ccc1C. The molecule has 0 fully saturated rings. The Labute approximate surface area is 387 Å². The lowest BCUT2D eigenvalue weighted by Gasteiger charge is -2.17. The van der Waals surface area contributed by atoms with Crippen LogP contribution in [0.1, 0.15) is 60.1 Å². The molecule has 0 saturated carbocycles. The third-order valence-electron chi connectivity index (χ3n) is 12.7. The highest BCUT2D eigenvalue weighted by Crippen LogP contribution is 2.38. The van der Waals surface area contributed by atoms with Crippen LogP contribution >= 0.6 is 0 Å². The van der Waals surface area contributed by atoms with Crippen LogP contribution in [-0.4, -0.2) is 10.3 Å². The number of aliphatic imine (C=N–C) groups is 1. The minimum absolute atomic E-state index is 0.770. The molecule has 66 heavy (non-hydrogen) atoms. The van der Waals surface area contributed by atoms with Gasteiger partial charge in [-0.1, -0.05) is 158 Å². The molecule has 0 aliphatic heterocycles. The first-order chi connectivity index (χ1) is 32.3. The summed E-state index contributed by atoms with van der Waals surface area (Å²) in [5.41, 5.74) is 21.1. The monoisotopic (exact) mass is 852 g/mol. The predicted molar refractivity (Wildman–Crippen MR) is 282 cm³/mol. The summed E-state index contributed by atoms with van der Waals surface area (Å²) in [6, 6.07) is 66.6. The second-order valence-corrected chi connectivity index (χ2v) is 17.3. The molecule has 0 bridgehead atoms. The minimum Gasteiger partial charge on any atom is -0.456 e. The van der Waals surface area contributed by atoms with Crippen molar-refractivity contribution in [1.82, 2.24) is 4.57 Å². The largest absolute Gasteiger partial charge is 0.456 e. The standard InChI is InChI=1S/C38H31N.C25H21NO/c1-26-11-6-7-16-33(26)35-24-30(20-19-27(35)2)28-12-10-13-29(23-28)31-21-22-38-36(25-31)34-17-8-9-18-37(34)39(38)32-14-4-3-5-15-32;1-17(2)26-22(16-18(3)19-10-5-4-6-11-19)20-13-9-15-24-25(20)21-12-7-8-14-23(21)27-24/h3-9,11-12,14-25H,10,13H2,1-2H3;4-16H,1H2,2-3H3/b;18-16+,26-22?. The van der Waals surface area contributed by atoms with Gasteiger partial charge in [-0.25, -0.2) is 0 Å². The van der Waals surface area contributed by atoms with Crippen molar-refractivity contribution in [2.45, 2.75) is 40.5 Å². The number of furan rings is 1. The number of allylic oxidation sites excluding steroid dienone is 7. The number of benzene rings is 8. The van der Waals surface area contributed by atoms with Crippen molar-refractivity contribution in [3.05, 3.63) is 252 Å². The molecule has 10 aromatic rings. The van der Waals surface area contributed by atoms with Gasteiger partial charge in [-0.15, -0.1) is 0 Å². The highest BCUT2D eigenvalue weighted by molar-refractivity contribution is 6.23. The predicted octanol–water partition coefficient (Wildman–Crippen LogP) is 17.3. The van der Waals surface area contributed by atoms with Crippen LogP contribution in [0.2, 0.25) is 0 Å². The van der Waals surface area contributed by atoms with Gasteiger partial charge >= 0.3 is 0 Å². The fourth-order valence-corrected chi connectivity index (χ4v) is 9.48. The summed E-state index contributed by atoms with van der Waals surface area (Å²) in [6.07, 6.45) is 9.05. The van der Waals surface area contributed by atoms with Crippen molar-refractivity contribution in [1.29, 1.82) is 0 Å². The van der Waals surface area contributed by atoms with E-state index in [1.807, 2.05) is 55.5 Å². The maximum atomic E-state index is 6.04. The van der Waals surface area contributed by atoms with Crippen LogP contribution in [0.5, 0.6) is 0 Å². The van der Waals surface area contributed by atoms with Gasteiger partial charge < -0.3 is 8.98 Å². The highest BCUT2D eigenvalue weighted by atomic mass is 16.3. The van der Waals surface area contributed by atoms with Gasteiger partial charge in [0, 0.05) is 38.5 Å². The molecule has 2 heterocycles. The van der Waals surface area contributed by atoms with Crippen molar-refractivity contribution >= 4 is 66.2 Å². The maximum Gasteiger partial charge on any atom is 0.136 e. The normalized spacial score (nSPS) is 13.2. The molecule has 1 aliphatic carbocycles. The molecule has 320 valence electrons. The third kappa shape index (κ3) is 8.28. The minimum atomic E-state index is 0.770. The van der Waals surface area contributed by atoms with Crippen LogP contribution in [0.15, 0.2) is 228 Å². The molecule has 3 heteroatoms. The Bertz CT molecular complexity index is 3570. The van der Waals surface area contributed by atoms with E-state index < -0.39 is 0 Å². The van der Waals surface area contributed by atoms with E-state index in [9.17, 15) is 0 Å². The second kappa shape index (κ2) is 18.2. The summed E-state index contributed by atoms with van der Waals surface area (Å²) in [6.45, 7) is 12.4. The maximum absolute atomic E-state index is 6.04. The highest BCUT2D eigenvalue weighted by Gasteiger charge is 2.17. The summed E-state index contributed by atoms with van der Waals surface area (Å²) in [5.74, 6) is 0. The zero-order chi connectivity index (χ0) is 45.1. The summed E-state index contributed by atoms with van der Waals surface area (Å²) in [5, 5.41) is 4.79. The van der Waals surface area contributed by atoms with E-state index in [0.29, 0.717) is 0 Å². The smallest absolute Gasteiger partial charge is 0.136 e. The number of para-hydroxylation sites is 3. The first kappa shape index (κ1) is 42.0. The van der Waals surface area contributed by atoms with E-state index in [-0.39, 0.29) is 0 Å². The molecular formula is C63H52N2O. The number of aromatic nitrogens is 1. The molecule has 0 amide bonds. The Hall–Kier alpha value is -8.01. The Balaban J connectivity index is 0.000000166. The van der Waals surface area contributed by atoms with E-state index in [1.165, 1.54) is 77.6 Å². The molecule has 0 spiro atoms. The molecule has 11 rings (SSSR count). The zero-order valence-corrected chi connectivity index (χ0v) is 38.1. The van der Waals surface area contributed by atoms with Crippen molar-refractivity contribution in [2.75, 3.05) is 0 Å². The molecule has 1 aliphatic rings. The van der Waals surface area contributed by atoms with Crippen LogP contribution in [0.4, 0.5) is 0 Å². The van der Waals surface area contributed by atoms with Gasteiger partial charge in [0.05, 0.1) is 16.7 Å². The van der Waals surface area contributed by atoms with Crippen molar-refractivity contribution < 1.29 is 4.42 Å². The molecule has 0 saturated heterocycles. The van der Waals surface area contributed by atoms with Crippen LogP contribution < -0.4 is 0 Å². The molecular weight excluding hydrogens is 801 g/mol. The number of hydrogen-bond donors (Lipinski definition) is 0. The number of aryl methyl sites for hydroxylation is 2. The lowest BCUT2D eigenvalue weighted by molar-refractivity contribution is 0.669. The van der Waals surface area contributed by atoms with Crippen LogP contribution in [-0.2, 0) is 0 Å². The van der Waals surface area contributed by atoms with Gasteiger partial charge in [-0.2, -0.15) is 0 Å². The summed E-state index contributed by atoms with van der Waals surface area (Å²) >= 11 is 0. The fraction of sp³-hybridized carbons (Fsp3) is 0.0952. The molecule has 2 aromatic heterocycles. The van der Waals surface area contributed by atoms with Crippen LogP contribution in [0.25, 0.3) is 77.3 Å². The van der Waals surface area contributed by atoms with Crippen LogP contribution in [0.3, 0.4) is 0 Å². The van der Waals surface area contributed by atoms with Crippen molar-refractivity contribution in [3.8, 4) is 16.8 Å². The number of hydrogen-bond acceptors (Lipinski definition) is 2. The number of fused-ring (bicyclic) bond motifs is 6. The summed E-state index contributed by atoms with van der Waals surface area (Å²) in [7, 11) is 0. The van der Waals surface area contributed by atoms with E-state index in [4.69, 9.17) is 9.41 Å². The van der Waals surface area contributed by atoms with E-state index in [2.05, 4.69) is 190 Å². The average Bonchev–Trinajstić information content (AvgIpc) is 3.91. The first-order valence-electron chi connectivity index (χ1n) is 22.9. The zero-order valence-electron chi connectivity index (χ0n) is 38.1. The number of rotatable bonds is 8. The average molecular weight is 853 g/mol. The Morgan fingerprint density at radius 1 is 0.591 bits per heavy atom. The van der Waals surface area contributed by atoms with Gasteiger partial charge in [0.2, 0.25) is 0 Å². The van der Waals surface area contributed by atoms with Gasteiger partial charge in [0.1, 0.15) is 11.2 Å². The van der Waals surface area contributed by atoms with E-state index in [0.717, 1.165) is 57.3 Å². The molecule has 3 nitrogen and oxygen atoms in total. The number of nitrogens with zero attached hydrogens (tertiary/aromatic N) is 2. The van der Waals surface area contributed by atoms with Gasteiger partial charge in [0.25, 0.3) is 0 Å². The molecule has 0 unspecified atom stereocenters. The first-order valence-corrected chi connectivity index (χ1v) is 22.9. The van der Waals surface area contributed by atoms with Crippen molar-refractivity contribution in [2.24, 2.45) is 4.99 Å². The Morgan fingerprint density at radius 2 is 1.26 bits per heavy atom. The Morgan fingerprint density at radius 3 is 2.06 bits per heavy atom. The van der Waals surface area contributed by atoms with Gasteiger partial charge in [0.15, 0.2) is 0 Å². The molecule has 0 atom stereocenters. The molecule has 8 aromatic carbocycles. The fourth-order valence-electron chi connectivity index (χ4n) is 9.48. The van der Waals surface area contributed by atoms with Crippen molar-refractivity contribution in [3.63, 3.8) is 0 Å². The molecule has 0 radical (unpaired) electrons. The summed E-state index contributed by atoms with van der Waals surface area (Å²) in [4.78, 5) is 4.75. The lowest BCUT2D eigenvalue weighted by Crippen LogP contribution is -1.99.